The number of hydrogen-bond donors (Lipinski definition) is 0. The van der Waals surface area contributed by atoms with Crippen LogP contribution in [0, 0.1) is 6.92 Å². The second-order valence-electron chi connectivity index (χ2n) is 5.28. The van der Waals surface area contributed by atoms with E-state index in [1.54, 1.807) is 6.07 Å². The van der Waals surface area contributed by atoms with Crippen LogP contribution in [0.4, 0.5) is 0 Å². The Morgan fingerprint density at radius 1 is 0.773 bits per heavy atom. The lowest BCUT2D eigenvalue weighted by Gasteiger charge is -2.19. The van der Waals surface area contributed by atoms with Crippen LogP contribution >= 0.6 is 46.4 Å². The smallest absolute Gasteiger partial charge is 0.0595 e. The van der Waals surface area contributed by atoms with Crippen LogP contribution in [-0.4, -0.2) is 0 Å². The molecule has 0 amide bonds. The molecule has 0 bridgehead atoms. The summed E-state index contributed by atoms with van der Waals surface area (Å²) in [5.74, 6) is 0.192. The van der Waals surface area contributed by atoms with Gasteiger partial charge in [0.05, 0.1) is 10.0 Å². The average Bonchev–Trinajstić information content (AvgIpc) is 2.46. The van der Waals surface area contributed by atoms with Crippen molar-refractivity contribution in [1.82, 2.24) is 0 Å². The van der Waals surface area contributed by atoms with Crippen molar-refractivity contribution in [1.29, 1.82) is 0 Å². The van der Waals surface area contributed by atoms with Crippen molar-refractivity contribution < 1.29 is 0 Å². The van der Waals surface area contributed by atoms with E-state index in [9.17, 15) is 0 Å². The molecule has 4 heteroatoms. The van der Waals surface area contributed by atoms with Crippen molar-refractivity contribution in [3.8, 4) is 0 Å². The standard InChI is InChI=1S/C18H17Cl4/c1-2-3-4-5-16(12-6-7-17(21)18(22)10-12)13-8-14(19)11-15(20)9-13/h6-11,16H,1-5H2. The molecule has 1 unspecified atom stereocenters. The van der Waals surface area contributed by atoms with Gasteiger partial charge in [-0.05, 0) is 47.9 Å². The molecular formula is C18H17Cl4. The molecule has 2 aromatic rings. The number of rotatable bonds is 6. The highest BCUT2D eigenvalue weighted by Gasteiger charge is 2.16. The van der Waals surface area contributed by atoms with E-state index in [0.717, 1.165) is 36.8 Å². The Bertz CT molecular complexity index is 617. The van der Waals surface area contributed by atoms with Crippen molar-refractivity contribution in [3.63, 3.8) is 0 Å². The Hall–Kier alpha value is -0.400. The highest BCUT2D eigenvalue weighted by Crippen LogP contribution is 2.36. The van der Waals surface area contributed by atoms with Crippen LogP contribution in [0.25, 0.3) is 0 Å². The zero-order chi connectivity index (χ0) is 16.1. The minimum atomic E-state index is 0.192. The number of unbranched alkanes of at least 4 members (excludes halogenated alkanes) is 2. The average molecular weight is 375 g/mol. The molecule has 2 rings (SSSR count). The summed E-state index contributed by atoms with van der Waals surface area (Å²) in [6.07, 6.45) is 4.10. The molecule has 0 aliphatic rings. The maximum atomic E-state index is 6.18. The van der Waals surface area contributed by atoms with Gasteiger partial charge in [-0.2, -0.15) is 0 Å². The van der Waals surface area contributed by atoms with E-state index in [-0.39, 0.29) is 5.92 Å². The van der Waals surface area contributed by atoms with Crippen LogP contribution in [0.1, 0.15) is 42.7 Å². The molecule has 0 saturated carbocycles. The molecule has 1 radical (unpaired) electrons. The fraction of sp³-hybridized carbons (Fsp3) is 0.278. The van der Waals surface area contributed by atoms with Gasteiger partial charge in [-0.1, -0.05) is 78.7 Å². The van der Waals surface area contributed by atoms with E-state index >= 15 is 0 Å². The summed E-state index contributed by atoms with van der Waals surface area (Å²) >= 11 is 24.5. The first-order chi connectivity index (χ1) is 10.5. The van der Waals surface area contributed by atoms with Crippen LogP contribution < -0.4 is 0 Å². The van der Waals surface area contributed by atoms with Crippen molar-refractivity contribution in [2.45, 2.75) is 31.6 Å². The number of halogens is 4. The molecule has 1 atom stereocenters. The third-order valence-electron chi connectivity index (χ3n) is 3.63. The van der Waals surface area contributed by atoms with Gasteiger partial charge in [-0.15, -0.1) is 0 Å². The van der Waals surface area contributed by atoms with E-state index in [4.69, 9.17) is 46.4 Å². The molecule has 0 aliphatic heterocycles. The normalized spacial score (nSPS) is 12.4. The fourth-order valence-electron chi connectivity index (χ4n) is 2.56. The maximum Gasteiger partial charge on any atom is 0.0595 e. The minimum absolute atomic E-state index is 0.192. The zero-order valence-corrected chi connectivity index (χ0v) is 15.1. The fourth-order valence-corrected chi connectivity index (χ4v) is 3.41. The van der Waals surface area contributed by atoms with Crippen molar-refractivity contribution in [3.05, 3.63) is 74.5 Å². The minimum Gasteiger partial charge on any atom is -0.0843 e. The van der Waals surface area contributed by atoms with Gasteiger partial charge >= 0.3 is 0 Å². The molecule has 2 aromatic carbocycles. The lowest BCUT2D eigenvalue weighted by molar-refractivity contribution is 0.630. The van der Waals surface area contributed by atoms with Gasteiger partial charge in [0.25, 0.3) is 0 Å². The van der Waals surface area contributed by atoms with Gasteiger partial charge < -0.3 is 0 Å². The molecule has 117 valence electrons. The van der Waals surface area contributed by atoms with Crippen LogP contribution in [0.2, 0.25) is 20.1 Å². The predicted octanol–water partition coefficient (Wildman–Crippen LogP) is 7.83. The zero-order valence-electron chi connectivity index (χ0n) is 12.1. The Morgan fingerprint density at radius 2 is 1.45 bits per heavy atom. The summed E-state index contributed by atoms with van der Waals surface area (Å²) in [5, 5.41) is 2.41. The van der Waals surface area contributed by atoms with Gasteiger partial charge in [0.15, 0.2) is 0 Å². The Labute approximate surface area is 152 Å². The number of hydrogen-bond acceptors (Lipinski definition) is 0. The second kappa shape index (κ2) is 8.45. The molecule has 0 aromatic heterocycles. The van der Waals surface area contributed by atoms with E-state index in [2.05, 4.69) is 6.92 Å². The van der Waals surface area contributed by atoms with Crippen LogP contribution in [0.3, 0.4) is 0 Å². The number of benzene rings is 2. The van der Waals surface area contributed by atoms with Gasteiger partial charge in [-0.25, -0.2) is 0 Å². The van der Waals surface area contributed by atoms with Crippen LogP contribution in [-0.2, 0) is 0 Å². The van der Waals surface area contributed by atoms with Crippen molar-refractivity contribution in [2.24, 2.45) is 0 Å². The molecular weight excluding hydrogens is 358 g/mol. The Morgan fingerprint density at radius 3 is 2.05 bits per heavy atom. The Balaban J connectivity index is 2.38. The molecule has 0 saturated heterocycles. The predicted molar refractivity (Wildman–Crippen MR) is 98.6 cm³/mol. The first kappa shape index (κ1) is 17.9. The molecule has 0 spiro atoms. The van der Waals surface area contributed by atoms with E-state index in [1.165, 1.54) is 0 Å². The summed E-state index contributed by atoms with van der Waals surface area (Å²) in [5.41, 5.74) is 2.22. The first-order valence-electron chi connectivity index (χ1n) is 7.21. The molecule has 0 N–H and O–H groups in total. The largest absolute Gasteiger partial charge is 0.0843 e. The third kappa shape index (κ3) is 4.80. The van der Waals surface area contributed by atoms with Crippen LogP contribution in [0.15, 0.2) is 36.4 Å². The summed E-state index contributed by atoms with van der Waals surface area (Å²) in [7, 11) is 0. The molecule has 0 heterocycles. The topological polar surface area (TPSA) is 0 Å². The van der Waals surface area contributed by atoms with E-state index in [0.29, 0.717) is 20.1 Å². The highest BCUT2D eigenvalue weighted by atomic mass is 35.5. The lowest BCUT2D eigenvalue weighted by atomic mass is 9.87. The summed E-state index contributed by atoms with van der Waals surface area (Å²) in [6, 6.07) is 11.4. The van der Waals surface area contributed by atoms with E-state index in [1.807, 2.05) is 30.3 Å². The van der Waals surface area contributed by atoms with Gasteiger partial charge in [0.2, 0.25) is 0 Å². The summed E-state index contributed by atoms with van der Waals surface area (Å²) in [6.45, 7) is 3.90. The first-order valence-corrected chi connectivity index (χ1v) is 8.72. The third-order valence-corrected chi connectivity index (χ3v) is 4.80. The van der Waals surface area contributed by atoms with Gasteiger partial charge in [-0.3, -0.25) is 0 Å². The summed E-state index contributed by atoms with van der Waals surface area (Å²) in [4.78, 5) is 0. The van der Waals surface area contributed by atoms with Gasteiger partial charge in [0.1, 0.15) is 0 Å². The second-order valence-corrected chi connectivity index (χ2v) is 6.97. The monoisotopic (exact) mass is 373 g/mol. The Kier molecular flexibility index (Phi) is 6.89. The molecule has 0 aliphatic carbocycles. The molecule has 0 fully saturated rings. The van der Waals surface area contributed by atoms with E-state index < -0.39 is 0 Å². The van der Waals surface area contributed by atoms with Crippen LogP contribution in [0.5, 0.6) is 0 Å². The molecule has 0 nitrogen and oxygen atoms in total. The molecule has 22 heavy (non-hydrogen) atoms. The van der Waals surface area contributed by atoms with Crippen molar-refractivity contribution >= 4 is 46.4 Å². The van der Waals surface area contributed by atoms with Crippen molar-refractivity contribution in [2.75, 3.05) is 0 Å². The quantitative estimate of drug-likeness (QED) is 0.452. The maximum absolute atomic E-state index is 6.18. The summed E-state index contributed by atoms with van der Waals surface area (Å²) < 4.78 is 0. The van der Waals surface area contributed by atoms with Gasteiger partial charge in [0, 0.05) is 16.0 Å². The highest BCUT2D eigenvalue weighted by molar-refractivity contribution is 6.42. The lowest BCUT2D eigenvalue weighted by Crippen LogP contribution is -2.02. The SMILES string of the molecule is [CH2]CCCCC(c1cc(Cl)cc(Cl)c1)c1ccc(Cl)c(Cl)c1.